The summed E-state index contributed by atoms with van der Waals surface area (Å²) in [4.78, 5) is 21.3. The molecule has 0 radical (unpaired) electrons. The maximum absolute atomic E-state index is 12.6. The normalized spacial score (nSPS) is 11.0. The number of nitrogens with two attached hydrogens (primary N) is 1. The van der Waals surface area contributed by atoms with Crippen molar-refractivity contribution in [2.24, 2.45) is 7.05 Å². The van der Waals surface area contributed by atoms with Crippen molar-refractivity contribution in [2.75, 3.05) is 12.0 Å². The minimum atomic E-state index is -0.175. The zero-order valence-corrected chi connectivity index (χ0v) is 13.6. The topological polar surface area (TPSA) is 73.8 Å². The Balaban J connectivity index is 2.34. The maximum atomic E-state index is 12.6. The third-order valence-corrected chi connectivity index (χ3v) is 4.28. The van der Waals surface area contributed by atoms with Gasteiger partial charge in [-0.1, -0.05) is 23.4 Å². The van der Waals surface area contributed by atoms with Gasteiger partial charge in [0.05, 0.1) is 0 Å². The van der Waals surface area contributed by atoms with Crippen LogP contribution in [-0.4, -0.2) is 20.8 Å². The molecule has 112 valence electrons. The quantitative estimate of drug-likeness (QED) is 0.443. The highest BCUT2D eigenvalue weighted by Gasteiger charge is 2.13. The number of pyridine rings is 1. The molecule has 0 aliphatic heterocycles. The first-order chi connectivity index (χ1) is 10.5. The predicted octanol–water partition coefficient (Wildman–Crippen LogP) is 2.95. The Hall–Kier alpha value is -2.05. The summed E-state index contributed by atoms with van der Waals surface area (Å²) in [7, 11) is 1.69. The van der Waals surface area contributed by atoms with E-state index < -0.39 is 0 Å². The lowest BCUT2D eigenvalue weighted by Crippen LogP contribution is -2.20. The van der Waals surface area contributed by atoms with Crippen LogP contribution in [0.25, 0.3) is 22.2 Å². The van der Waals surface area contributed by atoms with E-state index in [-0.39, 0.29) is 5.56 Å². The lowest BCUT2D eigenvalue weighted by atomic mass is 10.1. The van der Waals surface area contributed by atoms with Crippen LogP contribution in [0.1, 0.15) is 0 Å². The number of anilines is 1. The van der Waals surface area contributed by atoms with E-state index in [1.165, 1.54) is 16.3 Å². The van der Waals surface area contributed by atoms with Gasteiger partial charge in [-0.05, 0) is 30.5 Å². The second kappa shape index (κ2) is 5.62. The average Bonchev–Trinajstić information content (AvgIpc) is 2.53. The number of aryl methyl sites for hydroxylation is 1. The van der Waals surface area contributed by atoms with Crippen LogP contribution in [0.4, 0.5) is 5.69 Å². The van der Waals surface area contributed by atoms with Crippen LogP contribution in [-0.2, 0) is 7.05 Å². The number of fused-ring (bicyclic) bond motifs is 1. The number of hydrogen-bond acceptors (Lipinski definition) is 5. The van der Waals surface area contributed by atoms with Crippen LogP contribution in [0.5, 0.6) is 0 Å². The molecule has 0 bridgehead atoms. The van der Waals surface area contributed by atoms with E-state index >= 15 is 0 Å². The summed E-state index contributed by atoms with van der Waals surface area (Å²) < 4.78 is 1.51. The largest absolute Gasteiger partial charge is 0.399 e. The molecule has 0 saturated carbocycles. The molecule has 2 heterocycles. The summed E-state index contributed by atoms with van der Waals surface area (Å²) in [6, 6.07) is 6.83. The van der Waals surface area contributed by atoms with Gasteiger partial charge < -0.3 is 5.73 Å². The SMILES string of the molecule is CSc1ncc2cc(-c3cc(N)ccc3Cl)c(=O)n(C)c2n1. The van der Waals surface area contributed by atoms with Crippen molar-refractivity contribution in [1.29, 1.82) is 0 Å². The van der Waals surface area contributed by atoms with Crippen molar-refractivity contribution in [1.82, 2.24) is 14.5 Å². The monoisotopic (exact) mass is 332 g/mol. The highest BCUT2D eigenvalue weighted by Crippen LogP contribution is 2.29. The van der Waals surface area contributed by atoms with Crippen molar-refractivity contribution in [2.45, 2.75) is 5.16 Å². The molecule has 0 unspecified atom stereocenters. The Morgan fingerprint density at radius 1 is 1.27 bits per heavy atom. The fourth-order valence-corrected chi connectivity index (χ4v) is 2.83. The fraction of sp³-hybridized carbons (Fsp3) is 0.133. The second-order valence-electron chi connectivity index (χ2n) is 4.80. The van der Waals surface area contributed by atoms with Crippen LogP contribution in [0.2, 0.25) is 5.02 Å². The van der Waals surface area contributed by atoms with Gasteiger partial charge in [-0.3, -0.25) is 9.36 Å². The van der Waals surface area contributed by atoms with Crippen LogP contribution in [0.3, 0.4) is 0 Å². The van der Waals surface area contributed by atoms with Gasteiger partial charge in [0.25, 0.3) is 5.56 Å². The maximum Gasteiger partial charge on any atom is 0.259 e. The van der Waals surface area contributed by atoms with E-state index in [9.17, 15) is 4.79 Å². The van der Waals surface area contributed by atoms with Gasteiger partial charge >= 0.3 is 0 Å². The predicted molar refractivity (Wildman–Crippen MR) is 91.4 cm³/mol. The summed E-state index contributed by atoms with van der Waals surface area (Å²) in [6.45, 7) is 0. The van der Waals surface area contributed by atoms with Crippen molar-refractivity contribution < 1.29 is 0 Å². The molecule has 0 fully saturated rings. The van der Waals surface area contributed by atoms with Crippen molar-refractivity contribution in [3.63, 3.8) is 0 Å². The third-order valence-electron chi connectivity index (χ3n) is 3.39. The molecule has 0 atom stereocenters. The van der Waals surface area contributed by atoms with E-state index in [1.54, 1.807) is 37.5 Å². The number of halogens is 1. The summed E-state index contributed by atoms with van der Waals surface area (Å²) >= 11 is 7.64. The van der Waals surface area contributed by atoms with Gasteiger partial charge in [0.2, 0.25) is 0 Å². The van der Waals surface area contributed by atoms with E-state index in [4.69, 9.17) is 17.3 Å². The highest BCUT2D eigenvalue weighted by atomic mass is 35.5. The first-order valence-electron chi connectivity index (χ1n) is 6.47. The Bertz CT molecular complexity index is 939. The number of nitrogens with zero attached hydrogens (tertiary/aromatic N) is 3. The molecule has 2 aromatic heterocycles. The van der Waals surface area contributed by atoms with E-state index in [0.717, 1.165) is 5.39 Å². The molecule has 1 aromatic carbocycles. The molecular weight excluding hydrogens is 320 g/mol. The molecule has 0 saturated heterocycles. The summed E-state index contributed by atoms with van der Waals surface area (Å²) in [6.07, 6.45) is 3.59. The van der Waals surface area contributed by atoms with Gasteiger partial charge in [0.15, 0.2) is 5.16 Å². The van der Waals surface area contributed by atoms with Gasteiger partial charge in [-0.2, -0.15) is 0 Å². The van der Waals surface area contributed by atoms with E-state index in [1.807, 2.05) is 6.26 Å². The molecule has 7 heteroatoms. The van der Waals surface area contributed by atoms with Crippen LogP contribution in [0, 0.1) is 0 Å². The summed E-state index contributed by atoms with van der Waals surface area (Å²) in [5, 5.41) is 1.87. The minimum absolute atomic E-state index is 0.175. The van der Waals surface area contributed by atoms with E-state index in [2.05, 4.69) is 9.97 Å². The standard InChI is InChI=1S/C15H13ClN4OS/c1-20-13-8(7-18-15(19-13)22-2)5-11(14(20)21)10-6-9(17)3-4-12(10)16/h3-7H,17H2,1-2H3. The van der Waals surface area contributed by atoms with Gasteiger partial charge in [-0.15, -0.1) is 0 Å². The summed E-state index contributed by atoms with van der Waals surface area (Å²) in [5.41, 5.74) is 7.86. The average molecular weight is 333 g/mol. The number of rotatable bonds is 2. The zero-order chi connectivity index (χ0) is 15.9. The molecule has 2 N–H and O–H groups in total. The number of thioether (sulfide) groups is 1. The molecule has 3 aromatic rings. The van der Waals surface area contributed by atoms with Gasteiger partial charge in [0.1, 0.15) is 5.65 Å². The van der Waals surface area contributed by atoms with Crippen molar-refractivity contribution >= 4 is 40.1 Å². The number of nitrogen functional groups attached to an aromatic ring is 1. The molecule has 0 spiro atoms. The fourth-order valence-electron chi connectivity index (χ4n) is 2.27. The van der Waals surface area contributed by atoms with Crippen LogP contribution >= 0.6 is 23.4 Å². The Morgan fingerprint density at radius 3 is 2.77 bits per heavy atom. The first-order valence-corrected chi connectivity index (χ1v) is 8.07. The zero-order valence-electron chi connectivity index (χ0n) is 12.0. The molecule has 0 aliphatic rings. The highest BCUT2D eigenvalue weighted by molar-refractivity contribution is 7.98. The van der Waals surface area contributed by atoms with Crippen LogP contribution in [0.15, 0.2) is 40.4 Å². The third kappa shape index (κ3) is 2.44. The molecule has 3 rings (SSSR count). The Kier molecular flexibility index (Phi) is 3.80. The van der Waals surface area contributed by atoms with Crippen LogP contribution < -0.4 is 11.3 Å². The molecular formula is C15H13ClN4OS. The second-order valence-corrected chi connectivity index (χ2v) is 5.98. The number of hydrogen-bond donors (Lipinski definition) is 1. The first kappa shape index (κ1) is 14.9. The molecule has 5 nitrogen and oxygen atoms in total. The van der Waals surface area contributed by atoms with Gasteiger partial charge in [-0.25, -0.2) is 9.97 Å². The Morgan fingerprint density at radius 2 is 2.05 bits per heavy atom. The van der Waals surface area contributed by atoms with Crippen molar-refractivity contribution in [3.05, 3.63) is 45.8 Å². The molecule has 0 aliphatic carbocycles. The number of aromatic nitrogens is 3. The lowest BCUT2D eigenvalue weighted by Gasteiger charge is -2.10. The van der Waals surface area contributed by atoms with Crippen molar-refractivity contribution in [3.8, 4) is 11.1 Å². The minimum Gasteiger partial charge on any atom is -0.399 e. The molecule has 22 heavy (non-hydrogen) atoms. The Labute approximate surface area is 136 Å². The van der Waals surface area contributed by atoms with Gasteiger partial charge in [0, 0.05) is 40.5 Å². The number of benzene rings is 1. The summed E-state index contributed by atoms with van der Waals surface area (Å²) in [5.74, 6) is 0. The van der Waals surface area contributed by atoms with E-state index in [0.29, 0.717) is 32.6 Å². The molecule has 0 amide bonds. The smallest absolute Gasteiger partial charge is 0.259 e. The lowest BCUT2D eigenvalue weighted by molar-refractivity contribution is 0.861.